The Morgan fingerprint density at radius 2 is 1.85 bits per heavy atom. The molecular formula is C31H49N5O5. The quantitative estimate of drug-likeness (QED) is 0.428. The SMILES string of the molecule is CC(C)CN(C(=O)c1cnc(C(C)(C)C)nc1NCc1ccco1)C1C[C@@H](C(C)(C)O)CN(C(=O)OC(C)(C)C)C1. The molecule has 2 amide bonds. The van der Waals surface area contributed by atoms with Gasteiger partial charge in [0.1, 0.15) is 28.6 Å². The highest BCUT2D eigenvalue weighted by Gasteiger charge is 2.42. The van der Waals surface area contributed by atoms with E-state index < -0.39 is 17.3 Å². The van der Waals surface area contributed by atoms with Gasteiger partial charge in [-0.3, -0.25) is 4.79 Å². The van der Waals surface area contributed by atoms with Crippen molar-refractivity contribution in [3.8, 4) is 0 Å². The lowest BCUT2D eigenvalue weighted by atomic mass is 9.81. The standard InChI is InChI=1S/C31H49N5O5/c1-20(2)17-36(22-14-21(31(9,10)39)18-35(19-22)28(38)41-30(6,7)8)26(37)24-16-33-27(29(3,4)5)34-25(24)32-15-23-12-11-13-40-23/h11-13,16,20-22,39H,14-15,17-19H2,1-10H3,(H,32,33,34)/t21-,22?/m1/s1. The van der Waals surface area contributed by atoms with E-state index in [1.54, 1.807) is 31.2 Å². The molecule has 1 saturated heterocycles. The summed E-state index contributed by atoms with van der Waals surface area (Å²) in [6.07, 6.45) is 3.28. The van der Waals surface area contributed by atoms with Crippen LogP contribution in [-0.2, 0) is 16.7 Å². The van der Waals surface area contributed by atoms with Gasteiger partial charge < -0.3 is 29.4 Å². The second-order valence-electron chi connectivity index (χ2n) is 14.1. The predicted octanol–water partition coefficient (Wildman–Crippen LogP) is 5.47. The van der Waals surface area contributed by atoms with Crippen LogP contribution in [0.1, 0.15) is 97.6 Å². The van der Waals surface area contributed by atoms with Crippen LogP contribution in [0.2, 0.25) is 0 Å². The third-order valence-corrected chi connectivity index (χ3v) is 7.04. The Labute approximate surface area is 244 Å². The number of anilines is 1. The number of likely N-dealkylation sites (tertiary alicyclic amines) is 1. The maximum Gasteiger partial charge on any atom is 0.410 e. The normalized spacial score (nSPS) is 18.4. The molecule has 10 nitrogen and oxygen atoms in total. The highest BCUT2D eigenvalue weighted by Crippen LogP contribution is 2.32. The molecule has 2 atom stereocenters. The van der Waals surface area contributed by atoms with Crippen molar-refractivity contribution in [1.29, 1.82) is 0 Å². The van der Waals surface area contributed by atoms with Gasteiger partial charge in [-0.15, -0.1) is 0 Å². The fourth-order valence-corrected chi connectivity index (χ4v) is 4.85. The molecule has 0 bridgehead atoms. The molecule has 2 aromatic rings. The van der Waals surface area contributed by atoms with E-state index in [1.807, 2.05) is 58.6 Å². The largest absolute Gasteiger partial charge is 0.467 e. The van der Waals surface area contributed by atoms with Gasteiger partial charge in [-0.1, -0.05) is 34.6 Å². The van der Waals surface area contributed by atoms with Crippen LogP contribution in [0.3, 0.4) is 0 Å². The highest BCUT2D eigenvalue weighted by atomic mass is 16.6. The average molecular weight is 572 g/mol. The van der Waals surface area contributed by atoms with Gasteiger partial charge >= 0.3 is 6.09 Å². The van der Waals surface area contributed by atoms with Crippen molar-refractivity contribution < 1.29 is 23.8 Å². The third-order valence-electron chi connectivity index (χ3n) is 7.04. The molecule has 0 aliphatic carbocycles. The molecule has 1 unspecified atom stereocenters. The third kappa shape index (κ3) is 8.92. The summed E-state index contributed by atoms with van der Waals surface area (Å²) in [7, 11) is 0. The van der Waals surface area contributed by atoms with Gasteiger partial charge in [-0.05, 0) is 59.1 Å². The molecule has 3 heterocycles. The Morgan fingerprint density at radius 3 is 2.39 bits per heavy atom. The van der Waals surface area contributed by atoms with Crippen LogP contribution in [0, 0.1) is 11.8 Å². The van der Waals surface area contributed by atoms with Crippen LogP contribution >= 0.6 is 0 Å². The van der Waals surface area contributed by atoms with Gasteiger partial charge in [0.15, 0.2) is 0 Å². The molecule has 2 aromatic heterocycles. The molecule has 228 valence electrons. The number of aromatic nitrogens is 2. The number of carbonyl (C=O) groups excluding carboxylic acids is 2. The minimum absolute atomic E-state index is 0.158. The number of ether oxygens (including phenoxy) is 1. The van der Waals surface area contributed by atoms with E-state index in [2.05, 4.69) is 24.1 Å². The first kappa shape index (κ1) is 32.4. The molecule has 0 radical (unpaired) electrons. The van der Waals surface area contributed by atoms with Crippen molar-refractivity contribution in [3.05, 3.63) is 41.7 Å². The second kappa shape index (κ2) is 12.4. The van der Waals surface area contributed by atoms with Crippen molar-refractivity contribution in [3.63, 3.8) is 0 Å². The van der Waals surface area contributed by atoms with Crippen LogP contribution in [0.5, 0.6) is 0 Å². The maximum atomic E-state index is 14.4. The summed E-state index contributed by atoms with van der Waals surface area (Å²) in [5, 5.41) is 14.3. The zero-order valence-corrected chi connectivity index (χ0v) is 26.4. The molecule has 0 aromatic carbocycles. The number of piperidine rings is 1. The monoisotopic (exact) mass is 571 g/mol. The zero-order valence-electron chi connectivity index (χ0n) is 26.4. The number of aliphatic hydroxyl groups is 1. The fourth-order valence-electron chi connectivity index (χ4n) is 4.85. The number of hydrogen-bond donors (Lipinski definition) is 2. The molecule has 1 fully saturated rings. The van der Waals surface area contributed by atoms with Crippen molar-refractivity contribution >= 4 is 17.8 Å². The van der Waals surface area contributed by atoms with E-state index in [1.165, 1.54) is 0 Å². The lowest BCUT2D eigenvalue weighted by Gasteiger charge is -2.46. The molecule has 0 saturated carbocycles. The van der Waals surface area contributed by atoms with Gasteiger partial charge in [-0.25, -0.2) is 14.8 Å². The zero-order chi connectivity index (χ0) is 30.8. The smallest absolute Gasteiger partial charge is 0.410 e. The Hall–Kier alpha value is -3.14. The molecule has 1 aliphatic heterocycles. The molecule has 1 aliphatic rings. The average Bonchev–Trinajstić information content (AvgIpc) is 3.36. The number of rotatable bonds is 8. The van der Waals surface area contributed by atoms with E-state index in [0.29, 0.717) is 55.6 Å². The van der Waals surface area contributed by atoms with Gasteiger partial charge in [0.25, 0.3) is 5.91 Å². The lowest BCUT2D eigenvalue weighted by molar-refractivity contribution is -0.0479. The number of amides is 2. The molecular weight excluding hydrogens is 522 g/mol. The maximum absolute atomic E-state index is 14.4. The lowest BCUT2D eigenvalue weighted by Crippen LogP contribution is -2.58. The van der Waals surface area contributed by atoms with Crippen LogP contribution in [-0.4, -0.2) is 73.8 Å². The molecule has 41 heavy (non-hydrogen) atoms. The van der Waals surface area contributed by atoms with E-state index in [4.69, 9.17) is 14.1 Å². The van der Waals surface area contributed by atoms with Crippen LogP contribution in [0.4, 0.5) is 10.6 Å². The minimum Gasteiger partial charge on any atom is -0.467 e. The molecule has 0 spiro atoms. The number of carbonyl (C=O) groups is 2. The van der Waals surface area contributed by atoms with Crippen molar-refractivity contribution in [2.45, 2.75) is 105 Å². The molecule has 10 heteroatoms. The van der Waals surface area contributed by atoms with Crippen molar-refractivity contribution in [2.24, 2.45) is 11.8 Å². The fraction of sp³-hybridized carbons (Fsp3) is 0.677. The number of nitrogens with zero attached hydrogens (tertiary/aromatic N) is 4. The van der Waals surface area contributed by atoms with Crippen LogP contribution in [0.15, 0.2) is 29.0 Å². The summed E-state index contributed by atoms with van der Waals surface area (Å²) in [5.41, 5.74) is -1.70. The minimum atomic E-state index is -1.06. The number of hydrogen-bond acceptors (Lipinski definition) is 8. The Morgan fingerprint density at radius 1 is 1.17 bits per heavy atom. The van der Waals surface area contributed by atoms with Crippen LogP contribution < -0.4 is 5.32 Å². The van der Waals surface area contributed by atoms with Gasteiger partial charge in [-0.2, -0.15) is 0 Å². The summed E-state index contributed by atoms with van der Waals surface area (Å²) < 4.78 is 11.2. The van der Waals surface area contributed by atoms with Gasteiger partial charge in [0.05, 0.1) is 24.5 Å². The van der Waals surface area contributed by atoms with Crippen molar-refractivity contribution in [2.75, 3.05) is 25.0 Å². The predicted molar refractivity (Wildman–Crippen MR) is 159 cm³/mol. The van der Waals surface area contributed by atoms with E-state index in [-0.39, 0.29) is 29.2 Å². The van der Waals surface area contributed by atoms with E-state index in [9.17, 15) is 14.7 Å². The second-order valence-corrected chi connectivity index (χ2v) is 14.1. The summed E-state index contributed by atoms with van der Waals surface area (Å²) in [6.45, 7) is 20.6. The topological polar surface area (TPSA) is 121 Å². The number of furan rings is 1. The Kier molecular flexibility index (Phi) is 9.78. The van der Waals surface area contributed by atoms with Crippen molar-refractivity contribution in [1.82, 2.24) is 19.8 Å². The number of nitrogens with one attached hydrogen (secondary N) is 1. The van der Waals surface area contributed by atoms with Crippen LogP contribution in [0.25, 0.3) is 0 Å². The molecule has 3 rings (SSSR count). The summed E-state index contributed by atoms with van der Waals surface area (Å²) in [5.74, 6) is 1.43. The molecule has 2 N–H and O–H groups in total. The summed E-state index contributed by atoms with van der Waals surface area (Å²) >= 11 is 0. The highest BCUT2D eigenvalue weighted by molar-refractivity contribution is 5.98. The van der Waals surface area contributed by atoms with E-state index in [0.717, 1.165) is 0 Å². The van der Waals surface area contributed by atoms with Gasteiger partial charge in [0, 0.05) is 37.2 Å². The Bertz CT molecular complexity index is 1170. The summed E-state index contributed by atoms with van der Waals surface area (Å²) in [6, 6.07) is 3.32. The van der Waals surface area contributed by atoms with E-state index >= 15 is 0 Å². The first-order valence-corrected chi connectivity index (χ1v) is 14.5. The first-order valence-electron chi connectivity index (χ1n) is 14.5. The Balaban J connectivity index is 2.01. The van der Waals surface area contributed by atoms with Gasteiger partial charge in [0.2, 0.25) is 0 Å². The first-order chi connectivity index (χ1) is 18.8. The summed E-state index contributed by atoms with van der Waals surface area (Å²) in [4.78, 5) is 40.3.